The molecule has 4 rings (SSSR count). The van der Waals surface area contributed by atoms with E-state index in [0.29, 0.717) is 12.5 Å². The second-order valence-corrected chi connectivity index (χ2v) is 8.07. The molecule has 0 N–H and O–H groups in total. The van der Waals surface area contributed by atoms with Gasteiger partial charge in [0, 0.05) is 0 Å². The molecule has 0 aromatic heterocycles. The Kier molecular flexibility index (Phi) is 7.14. The number of hydrogen-bond donors (Lipinski definition) is 0. The number of hydrogen-bond acceptors (Lipinski definition) is 1. The van der Waals surface area contributed by atoms with Gasteiger partial charge in [-0.05, 0) is 64.4 Å². The molecule has 0 saturated heterocycles. The third kappa shape index (κ3) is 6.18. The average molecular weight is 423 g/mol. The predicted octanol–water partition coefficient (Wildman–Crippen LogP) is 7.92. The highest BCUT2D eigenvalue weighted by molar-refractivity contribution is 5.69. The fourth-order valence-corrected chi connectivity index (χ4v) is 3.63. The van der Waals surface area contributed by atoms with Gasteiger partial charge < -0.3 is 4.74 Å². The van der Waals surface area contributed by atoms with Crippen molar-refractivity contribution >= 4 is 12.2 Å². The molecular formula is C30H27FO. The highest BCUT2D eigenvalue weighted by atomic mass is 19.1. The molecule has 1 nitrogen and oxygen atoms in total. The molecule has 2 heteroatoms. The van der Waals surface area contributed by atoms with Crippen molar-refractivity contribution in [2.24, 2.45) is 0 Å². The molecule has 0 unspecified atom stereocenters. The van der Waals surface area contributed by atoms with E-state index in [1.165, 1.54) is 28.8 Å². The summed E-state index contributed by atoms with van der Waals surface area (Å²) in [7, 11) is 0. The molecule has 0 saturated carbocycles. The predicted molar refractivity (Wildman–Crippen MR) is 131 cm³/mol. The van der Waals surface area contributed by atoms with Crippen LogP contribution >= 0.6 is 0 Å². The summed E-state index contributed by atoms with van der Waals surface area (Å²) >= 11 is 0. The fraction of sp³-hybridized carbons (Fsp3) is 0.133. The Morgan fingerprint density at radius 2 is 1.25 bits per heavy atom. The normalized spacial score (nSPS) is 12.1. The van der Waals surface area contributed by atoms with Gasteiger partial charge in [0.2, 0.25) is 0 Å². The first-order valence-electron chi connectivity index (χ1n) is 10.9. The van der Waals surface area contributed by atoms with E-state index >= 15 is 0 Å². The summed E-state index contributed by atoms with van der Waals surface area (Å²) in [6, 6.07) is 33.8. The van der Waals surface area contributed by atoms with Crippen LogP contribution in [0, 0.1) is 5.82 Å². The van der Waals surface area contributed by atoms with Crippen molar-refractivity contribution in [3.63, 3.8) is 0 Å². The van der Waals surface area contributed by atoms with Crippen LogP contribution in [0.5, 0.6) is 5.75 Å². The van der Waals surface area contributed by atoms with E-state index in [9.17, 15) is 4.39 Å². The van der Waals surface area contributed by atoms with Gasteiger partial charge in [0.25, 0.3) is 0 Å². The average Bonchev–Trinajstić information content (AvgIpc) is 2.84. The standard InChI is InChI=1S/C30H27FO/c1-23(28-5-3-2-4-6-28)21-26-11-9-24(10-12-26)7-8-25-15-19-30(20-16-25)32-22-27-13-17-29(31)18-14-27/h2-20,23H,21-22H2,1H3/t23-/m1/s1. The molecule has 4 aromatic carbocycles. The van der Waals surface area contributed by atoms with Crippen LogP contribution in [0.25, 0.3) is 12.2 Å². The Balaban J connectivity index is 1.30. The van der Waals surface area contributed by atoms with Crippen LogP contribution in [0.3, 0.4) is 0 Å². The van der Waals surface area contributed by atoms with Gasteiger partial charge >= 0.3 is 0 Å². The second kappa shape index (κ2) is 10.6. The molecule has 1 atom stereocenters. The Labute approximate surface area is 189 Å². The molecule has 0 aliphatic carbocycles. The van der Waals surface area contributed by atoms with Gasteiger partial charge in [-0.3, -0.25) is 0 Å². The lowest BCUT2D eigenvalue weighted by Gasteiger charge is -2.12. The van der Waals surface area contributed by atoms with Crippen molar-refractivity contribution in [3.8, 4) is 5.75 Å². The van der Waals surface area contributed by atoms with Crippen LogP contribution in [-0.4, -0.2) is 0 Å². The van der Waals surface area contributed by atoms with Crippen molar-refractivity contribution in [1.29, 1.82) is 0 Å². The number of benzene rings is 4. The Bertz CT molecular complexity index is 1130. The lowest BCUT2D eigenvalue weighted by atomic mass is 9.93. The molecule has 0 bridgehead atoms. The SMILES string of the molecule is C[C@H](Cc1ccc(C=Cc2ccc(OCc3ccc(F)cc3)cc2)cc1)c1ccccc1. The van der Waals surface area contributed by atoms with Crippen molar-refractivity contribution in [2.45, 2.75) is 25.9 Å². The fourth-order valence-electron chi connectivity index (χ4n) is 3.63. The first kappa shape index (κ1) is 21.6. The first-order valence-corrected chi connectivity index (χ1v) is 10.9. The molecular weight excluding hydrogens is 395 g/mol. The maximum atomic E-state index is 13.0. The minimum atomic E-state index is -0.235. The number of ether oxygens (including phenoxy) is 1. The Morgan fingerprint density at radius 3 is 1.88 bits per heavy atom. The van der Waals surface area contributed by atoms with Crippen LogP contribution in [0.1, 0.15) is 40.7 Å². The van der Waals surface area contributed by atoms with E-state index in [1.807, 2.05) is 24.3 Å². The largest absolute Gasteiger partial charge is 0.489 e. The summed E-state index contributed by atoms with van der Waals surface area (Å²) in [6.07, 6.45) is 5.26. The minimum absolute atomic E-state index is 0.235. The number of rotatable bonds is 8. The van der Waals surface area contributed by atoms with Gasteiger partial charge in [-0.1, -0.05) is 97.9 Å². The minimum Gasteiger partial charge on any atom is -0.489 e. The zero-order chi connectivity index (χ0) is 22.2. The van der Waals surface area contributed by atoms with E-state index in [2.05, 4.69) is 73.7 Å². The maximum Gasteiger partial charge on any atom is 0.123 e. The molecule has 0 amide bonds. The van der Waals surface area contributed by atoms with Gasteiger partial charge in [0.05, 0.1) is 0 Å². The lowest BCUT2D eigenvalue weighted by molar-refractivity contribution is 0.306. The quantitative estimate of drug-likeness (QED) is 0.262. The first-order chi connectivity index (χ1) is 15.7. The van der Waals surface area contributed by atoms with E-state index in [-0.39, 0.29) is 5.82 Å². The van der Waals surface area contributed by atoms with Crippen LogP contribution < -0.4 is 4.74 Å². The van der Waals surface area contributed by atoms with E-state index in [4.69, 9.17) is 4.74 Å². The third-order valence-corrected chi connectivity index (χ3v) is 5.56. The monoisotopic (exact) mass is 422 g/mol. The van der Waals surface area contributed by atoms with Crippen LogP contribution in [0.2, 0.25) is 0 Å². The zero-order valence-corrected chi connectivity index (χ0v) is 18.2. The molecule has 0 fully saturated rings. The van der Waals surface area contributed by atoms with Crippen molar-refractivity contribution in [1.82, 2.24) is 0 Å². The molecule has 32 heavy (non-hydrogen) atoms. The Hall–Kier alpha value is -3.65. The zero-order valence-electron chi connectivity index (χ0n) is 18.2. The number of halogens is 1. The molecule has 0 aliphatic rings. The molecule has 0 heterocycles. The summed E-state index contributed by atoms with van der Waals surface area (Å²) in [5.41, 5.74) is 5.96. The smallest absolute Gasteiger partial charge is 0.123 e. The van der Waals surface area contributed by atoms with Gasteiger partial charge in [-0.2, -0.15) is 0 Å². The van der Waals surface area contributed by atoms with Crippen molar-refractivity contribution in [3.05, 3.63) is 137 Å². The van der Waals surface area contributed by atoms with Crippen LogP contribution in [0.15, 0.2) is 103 Å². The van der Waals surface area contributed by atoms with Gasteiger partial charge in [-0.15, -0.1) is 0 Å². The maximum absolute atomic E-state index is 13.0. The van der Waals surface area contributed by atoms with Gasteiger partial charge in [0.15, 0.2) is 0 Å². The highest BCUT2D eigenvalue weighted by Crippen LogP contribution is 2.21. The summed E-state index contributed by atoms with van der Waals surface area (Å²) in [6.45, 7) is 2.70. The third-order valence-electron chi connectivity index (χ3n) is 5.56. The van der Waals surface area contributed by atoms with Crippen molar-refractivity contribution < 1.29 is 9.13 Å². The summed E-state index contributed by atoms with van der Waals surface area (Å²) in [5, 5.41) is 0. The van der Waals surface area contributed by atoms with Crippen LogP contribution in [0.4, 0.5) is 4.39 Å². The highest BCUT2D eigenvalue weighted by Gasteiger charge is 2.06. The van der Waals surface area contributed by atoms with Gasteiger partial charge in [0.1, 0.15) is 18.2 Å². The summed E-state index contributed by atoms with van der Waals surface area (Å²) in [4.78, 5) is 0. The molecule has 160 valence electrons. The lowest BCUT2D eigenvalue weighted by Crippen LogP contribution is -1.98. The Morgan fingerprint density at radius 1 is 0.688 bits per heavy atom. The summed E-state index contributed by atoms with van der Waals surface area (Å²) < 4.78 is 18.8. The van der Waals surface area contributed by atoms with E-state index < -0.39 is 0 Å². The molecule has 0 spiro atoms. The topological polar surface area (TPSA) is 9.23 Å². The van der Waals surface area contributed by atoms with Gasteiger partial charge in [-0.25, -0.2) is 4.39 Å². The molecule has 0 radical (unpaired) electrons. The van der Waals surface area contributed by atoms with Crippen LogP contribution in [-0.2, 0) is 13.0 Å². The second-order valence-electron chi connectivity index (χ2n) is 8.07. The van der Waals surface area contributed by atoms with Crippen molar-refractivity contribution in [2.75, 3.05) is 0 Å². The molecule has 0 aliphatic heterocycles. The summed E-state index contributed by atoms with van der Waals surface area (Å²) in [5.74, 6) is 1.06. The van der Waals surface area contributed by atoms with E-state index in [0.717, 1.165) is 23.3 Å². The molecule has 4 aromatic rings. The van der Waals surface area contributed by atoms with E-state index in [1.54, 1.807) is 12.1 Å².